The van der Waals surface area contributed by atoms with Crippen LogP contribution in [0.3, 0.4) is 0 Å². The maximum Gasteiger partial charge on any atom is 0.306 e. The van der Waals surface area contributed by atoms with Gasteiger partial charge in [-0.2, -0.15) is 0 Å². The van der Waals surface area contributed by atoms with Crippen LogP contribution in [0, 0.1) is 0 Å². The van der Waals surface area contributed by atoms with Crippen LogP contribution in [0.2, 0.25) is 0 Å². The highest BCUT2D eigenvalue weighted by Crippen LogP contribution is 2.17. The zero-order valence-electron chi connectivity index (χ0n) is 54.4. The Labute approximate surface area is 513 Å². The van der Waals surface area contributed by atoms with Crippen LogP contribution in [0.25, 0.3) is 0 Å². The molecule has 0 N–H and O–H groups in total. The Kier molecular flexibility index (Phi) is 66.7. The highest BCUT2D eigenvalue weighted by molar-refractivity contribution is 5.71. The molecule has 0 aliphatic rings. The predicted octanol–water partition coefficient (Wildman–Crippen LogP) is 24.3. The highest BCUT2D eigenvalue weighted by atomic mass is 16.6. The van der Waals surface area contributed by atoms with Gasteiger partial charge in [0.05, 0.1) is 0 Å². The Morgan fingerprint density at radius 2 is 0.470 bits per heavy atom. The van der Waals surface area contributed by atoms with Crippen molar-refractivity contribution in [2.24, 2.45) is 0 Å². The monoisotopic (exact) mass is 1150 g/mol. The molecule has 0 aromatic carbocycles. The van der Waals surface area contributed by atoms with Crippen molar-refractivity contribution in [2.75, 3.05) is 13.2 Å². The standard InChI is InChI=1S/C77H130O6/c1-4-7-10-13-16-19-22-25-27-29-31-33-35-36-37-38-39-40-42-43-45-47-49-52-55-58-61-64-67-70-76(79)82-73-74(72-81-75(78)69-66-63-60-57-54-51-24-21-18-15-12-9-6-3)83-77(80)71-68-65-62-59-56-53-50-48-46-44-41-34-32-30-28-26-23-20-17-14-11-8-5-2/h7-8,10-11,16-17,19-20,25-28,31-34,44,46,50,53,74H,4-6,9,12-15,18,21-24,29-30,35-43,45,47-49,51-52,54-73H2,1-3H3/b10-7-,11-8-,19-16-,20-17-,27-25-,28-26-,33-31-,34-32-,46-44-,53-50-. The molecule has 0 radical (unpaired) electrons. The van der Waals surface area contributed by atoms with Gasteiger partial charge in [0, 0.05) is 19.3 Å². The molecule has 0 fully saturated rings. The number of carbonyl (C=O) groups is 3. The largest absolute Gasteiger partial charge is 0.462 e. The third-order valence-electron chi connectivity index (χ3n) is 15.0. The number of hydrogen-bond donors (Lipinski definition) is 0. The summed E-state index contributed by atoms with van der Waals surface area (Å²) in [5.74, 6) is -0.899. The second-order valence-electron chi connectivity index (χ2n) is 23.0. The first-order chi connectivity index (χ1) is 41.0. The number of ether oxygens (including phenoxy) is 3. The Balaban J connectivity index is 4.31. The lowest BCUT2D eigenvalue weighted by Crippen LogP contribution is -2.30. The molecule has 0 amide bonds. The van der Waals surface area contributed by atoms with Crippen molar-refractivity contribution in [2.45, 2.75) is 335 Å². The lowest BCUT2D eigenvalue weighted by atomic mass is 10.0. The average molecular weight is 1150 g/mol. The maximum atomic E-state index is 12.9. The summed E-state index contributed by atoms with van der Waals surface area (Å²) in [6, 6.07) is 0. The summed E-state index contributed by atoms with van der Waals surface area (Å²) < 4.78 is 17.0. The first kappa shape index (κ1) is 78.8. The van der Waals surface area contributed by atoms with Gasteiger partial charge in [0.15, 0.2) is 6.10 Å². The summed E-state index contributed by atoms with van der Waals surface area (Å²) >= 11 is 0. The van der Waals surface area contributed by atoms with Crippen molar-refractivity contribution in [3.63, 3.8) is 0 Å². The van der Waals surface area contributed by atoms with Crippen molar-refractivity contribution in [1.29, 1.82) is 0 Å². The minimum Gasteiger partial charge on any atom is -0.462 e. The van der Waals surface area contributed by atoms with Gasteiger partial charge in [-0.3, -0.25) is 14.4 Å². The first-order valence-corrected chi connectivity index (χ1v) is 35.0. The van der Waals surface area contributed by atoms with E-state index in [9.17, 15) is 14.4 Å². The lowest BCUT2D eigenvalue weighted by molar-refractivity contribution is -0.167. The van der Waals surface area contributed by atoms with E-state index in [4.69, 9.17) is 14.2 Å². The van der Waals surface area contributed by atoms with Crippen LogP contribution in [-0.4, -0.2) is 37.2 Å². The Morgan fingerprint density at radius 1 is 0.253 bits per heavy atom. The number of unbranched alkanes of at least 4 members (excludes halogenated alkanes) is 32. The van der Waals surface area contributed by atoms with Gasteiger partial charge in [0.2, 0.25) is 0 Å². The van der Waals surface area contributed by atoms with Crippen molar-refractivity contribution < 1.29 is 28.6 Å². The van der Waals surface area contributed by atoms with Crippen molar-refractivity contribution in [3.8, 4) is 0 Å². The molecule has 474 valence electrons. The molecular formula is C77H130O6. The third-order valence-corrected chi connectivity index (χ3v) is 15.0. The van der Waals surface area contributed by atoms with Gasteiger partial charge in [-0.1, -0.05) is 322 Å². The molecular weight excluding hydrogens is 1020 g/mol. The Hall–Kier alpha value is -4.19. The maximum absolute atomic E-state index is 12.9. The molecule has 6 nitrogen and oxygen atoms in total. The molecule has 0 saturated heterocycles. The van der Waals surface area contributed by atoms with E-state index in [2.05, 4.69) is 142 Å². The van der Waals surface area contributed by atoms with Gasteiger partial charge < -0.3 is 14.2 Å². The van der Waals surface area contributed by atoms with Crippen molar-refractivity contribution in [1.82, 2.24) is 0 Å². The minimum atomic E-state index is -0.794. The molecule has 0 aliphatic heterocycles. The molecule has 0 aromatic heterocycles. The Morgan fingerprint density at radius 3 is 0.735 bits per heavy atom. The van der Waals surface area contributed by atoms with Gasteiger partial charge in [-0.25, -0.2) is 0 Å². The molecule has 0 aliphatic carbocycles. The van der Waals surface area contributed by atoms with Gasteiger partial charge in [0.1, 0.15) is 13.2 Å². The summed E-state index contributed by atoms with van der Waals surface area (Å²) in [6.45, 7) is 6.42. The molecule has 0 saturated carbocycles. The summed E-state index contributed by atoms with van der Waals surface area (Å²) in [5, 5.41) is 0. The van der Waals surface area contributed by atoms with Crippen LogP contribution < -0.4 is 0 Å². The average Bonchev–Trinajstić information content (AvgIpc) is 3.49. The molecule has 0 spiro atoms. The Bertz CT molecular complexity index is 1700. The summed E-state index contributed by atoms with van der Waals surface area (Å²) in [6.07, 6.45) is 97.9. The van der Waals surface area contributed by atoms with Crippen LogP contribution in [0.15, 0.2) is 122 Å². The number of esters is 3. The number of rotatable bonds is 63. The normalized spacial score (nSPS) is 12.9. The second kappa shape index (κ2) is 70.3. The van der Waals surface area contributed by atoms with E-state index >= 15 is 0 Å². The fourth-order valence-corrected chi connectivity index (χ4v) is 9.79. The topological polar surface area (TPSA) is 78.9 Å². The quantitative estimate of drug-likeness (QED) is 0.0261. The molecule has 1 atom stereocenters. The molecule has 0 rings (SSSR count). The van der Waals surface area contributed by atoms with Crippen molar-refractivity contribution >= 4 is 17.9 Å². The smallest absolute Gasteiger partial charge is 0.306 e. The van der Waals surface area contributed by atoms with Crippen LogP contribution in [-0.2, 0) is 28.6 Å². The van der Waals surface area contributed by atoms with E-state index < -0.39 is 6.10 Å². The SMILES string of the molecule is CC/C=C\C/C=C\C/C=C\C/C=C\C/C=C\C/C=C\CCCCCCC(=O)OC(COC(=O)CCCCCCCCCCCCCCC)COC(=O)CCCCCCCCCCCCCCCCCC/C=C\C/C=C\C/C=C\C/C=C\CC. The summed E-state index contributed by atoms with van der Waals surface area (Å²) in [5.41, 5.74) is 0. The third kappa shape index (κ3) is 68.5. The van der Waals surface area contributed by atoms with E-state index in [-0.39, 0.29) is 31.1 Å². The van der Waals surface area contributed by atoms with Crippen LogP contribution in [0.1, 0.15) is 329 Å². The molecule has 6 heteroatoms. The molecule has 1 unspecified atom stereocenters. The number of allylic oxidation sites excluding steroid dienone is 20. The van der Waals surface area contributed by atoms with E-state index in [0.29, 0.717) is 19.3 Å². The number of hydrogen-bond acceptors (Lipinski definition) is 6. The molecule has 83 heavy (non-hydrogen) atoms. The zero-order valence-corrected chi connectivity index (χ0v) is 54.4. The summed E-state index contributed by atoms with van der Waals surface area (Å²) in [7, 11) is 0. The van der Waals surface area contributed by atoms with Crippen LogP contribution in [0.4, 0.5) is 0 Å². The summed E-state index contributed by atoms with van der Waals surface area (Å²) in [4.78, 5) is 38.4. The minimum absolute atomic E-state index is 0.0864. The van der Waals surface area contributed by atoms with Crippen molar-refractivity contribution in [3.05, 3.63) is 122 Å². The van der Waals surface area contributed by atoms with Gasteiger partial charge in [0.25, 0.3) is 0 Å². The fraction of sp³-hybridized carbons (Fsp3) is 0.701. The van der Waals surface area contributed by atoms with Gasteiger partial charge in [-0.05, 0) is 109 Å². The second-order valence-corrected chi connectivity index (χ2v) is 23.0. The van der Waals surface area contributed by atoms with E-state index in [1.54, 1.807) is 0 Å². The fourth-order valence-electron chi connectivity index (χ4n) is 9.79. The molecule has 0 aromatic rings. The molecule has 0 heterocycles. The van der Waals surface area contributed by atoms with E-state index in [1.807, 2.05) is 0 Å². The van der Waals surface area contributed by atoms with Gasteiger partial charge in [-0.15, -0.1) is 0 Å². The number of carbonyl (C=O) groups excluding carboxylic acids is 3. The lowest BCUT2D eigenvalue weighted by Gasteiger charge is -2.18. The van der Waals surface area contributed by atoms with Crippen LogP contribution >= 0.6 is 0 Å². The van der Waals surface area contributed by atoms with E-state index in [0.717, 1.165) is 135 Å². The zero-order chi connectivity index (χ0) is 59.9. The highest BCUT2D eigenvalue weighted by Gasteiger charge is 2.19. The van der Waals surface area contributed by atoms with E-state index in [1.165, 1.54) is 154 Å². The van der Waals surface area contributed by atoms with Crippen LogP contribution in [0.5, 0.6) is 0 Å². The van der Waals surface area contributed by atoms with Gasteiger partial charge >= 0.3 is 17.9 Å². The molecule has 0 bridgehead atoms. The predicted molar refractivity (Wildman–Crippen MR) is 362 cm³/mol. The first-order valence-electron chi connectivity index (χ1n) is 35.0.